The number of carboxylic acids is 1. The molecule has 1 aromatic rings. The lowest BCUT2D eigenvalue weighted by atomic mass is 10.0. The second kappa shape index (κ2) is 7.55. The van der Waals surface area contributed by atoms with E-state index in [1.165, 1.54) is 6.20 Å². The van der Waals surface area contributed by atoms with Gasteiger partial charge >= 0.3 is 5.97 Å². The summed E-state index contributed by atoms with van der Waals surface area (Å²) >= 11 is 0. The van der Waals surface area contributed by atoms with Crippen LogP contribution in [0, 0.1) is 12.8 Å². The number of aromatic nitrogens is 2. The first kappa shape index (κ1) is 19.1. The van der Waals surface area contributed by atoms with E-state index >= 15 is 0 Å². The van der Waals surface area contributed by atoms with Crippen molar-refractivity contribution < 1.29 is 23.1 Å². The normalized spacial score (nSPS) is 13.1. The predicted molar refractivity (Wildman–Crippen MR) is 82.2 cm³/mol. The zero-order valence-electron chi connectivity index (χ0n) is 13.5. The molecule has 0 saturated heterocycles. The van der Waals surface area contributed by atoms with Crippen LogP contribution < -0.4 is 10.0 Å². The molecule has 3 N–H and O–H groups in total. The Hall–Kier alpha value is -1.94. The Labute approximate surface area is 135 Å². The summed E-state index contributed by atoms with van der Waals surface area (Å²) in [6, 6.07) is -1.00. The second-order valence-corrected chi connectivity index (χ2v) is 7.23. The Morgan fingerprint density at radius 1 is 1.39 bits per heavy atom. The van der Waals surface area contributed by atoms with Crippen LogP contribution in [0.3, 0.4) is 0 Å². The lowest BCUT2D eigenvalue weighted by Crippen LogP contribution is -2.45. The number of hydrogen-bond donors (Lipinski definition) is 3. The molecule has 0 unspecified atom stereocenters. The maximum Gasteiger partial charge on any atom is 0.326 e. The minimum absolute atomic E-state index is 0.122. The first-order valence-electron chi connectivity index (χ1n) is 7.06. The van der Waals surface area contributed by atoms with Crippen molar-refractivity contribution in [2.75, 3.05) is 6.54 Å². The van der Waals surface area contributed by atoms with Crippen LogP contribution in [-0.4, -0.2) is 47.5 Å². The highest BCUT2D eigenvalue weighted by Gasteiger charge is 2.24. The molecule has 0 aliphatic carbocycles. The summed E-state index contributed by atoms with van der Waals surface area (Å²) in [5, 5.41) is 11.2. The van der Waals surface area contributed by atoms with Crippen molar-refractivity contribution in [3.8, 4) is 0 Å². The van der Waals surface area contributed by atoms with Crippen molar-refractivity contribution in [1.82, 2.24) is 19.6 Å². The van der Waals surface area contributed by atoms with Crippen molar-refractivity contribution in [1.29, 1.82) is 0 Å². The van der Waals surface area contributed by atoms with Crippen LogP contribution in [0.4, 0.5) is 0 Å². The van der Waals surface area contributed by atoms with Crippen LogP contribution in [-0.2, 0) is 26.7 Å². The van der Waals surface area contributed by atoms with E-state index in [-0.39, 0.29) is 23.9 Å². The zero-order chi connectivity index (χ0) is 17.8. The zero-order valence-corrected chi connectivity index (χ0v) is 14.3. The minimum atomic E-state index is -3.80. The summed E-state index contributed by atoms with van der Waals surface area (Å²) in [5.41, 5.74) is 0. The third-order valence-electron chi connectivity index (χ3n) is 3.26. The average Bonchev–Trinajstić information content (AvgIpc) is 2.76. The molecule has 1 amide bonds. The lowest BCUT2D eigenvalue weighted by Gasteiger charge is -2.17. The van der Waals surface area contributed by atoms with Gasteiger partial charge in [0.25, 0.3) is 10.0 Å². The van der Waals surface area contributed by atoms with Gasteiger partial charge in [0.15, 0.2) is 5.03 Å². The molecule has 1 atom stereocenters. The fourth-order valence-electron chi connectivity index (χ4n) is 1.79. The Morgan fingerprint density at radius 2 is 2.00 bits per heavy atom. The van der Waals surface area contributed by atoms with Crippen LogP contribution in [0.1, 0.15) is 26.1 Å². The molecule has 1 heterocycles. The molecule has 0 spiro atoms. The summed E-state index contributed by atoms with van der Waals surface area (Å²) in [4.78, 5) is 26.6. The molecular formula is C13H22N4O5S. The van der Waals surface area contributed by atoms with Crippen molar-refractivity contribution in [3.63, 3.8) is 0 Å². The second-order valence-electron chi connectivity index (χ2n) is 5.51. The lowest BCUT2D eigenvalue weighted by molar-refractivity contribution is -0.143. The van der Waals surface area contributed by atoms with Gasteiger partial charge in [0.05, 0.1) is 0 Å². The number of sulfonamides is 1. The molecule has 130 valence electrons. The van der Waals surface area contributed by atoms with Crippen LogP contribution >= 0.6 is 0 Å². The molecule has 23 heavy (non-hydrogen) atoms. The number of rotatable bonds is 8. The van der Waals surface area contributed by atoms with Crippen LogP contribution in [0.5, 0.6) is 0 Å². The van der Waals surface area contributed by atoms with E-state index in [4.69, 9.17) is 5.11 Å². The van der Waals surface area contributed by atoms with Gasteiger partial charge in [-0.1, -0.05) is 13.8 Å². The topological polar surface area (TPSA) is 130 Å². The Bertz CT molecular complexity index is 661. The summed E-state index contributed by atoms with van der Waals surface area (Å²) in [6.45, 7) is 4.87. The van der Waals surface area contributed by atoms with E-state index in [9.17, 15) is 18.0 Å². The number of carbonyl (C=O) groups is 2. The summed E-state index contributed by atoms with van der Waals surface area (Å²) in [6.07, 6.45) is 1.21. The summed E-state index contributed by atoms with van der Waals surface area (Å²) in [5.74, 6) is -1.39. The standard InChI is InChI=1S/C13H22N4O5S/c1-8(2)12(13(19)20)16-10(18)5-6-14-23(21,22)11-7-17(4)9(3)15-11/h7-8,12,14H,5-6H2,1-4H3,(H,16,18)(H,19,20)/t12-/m0/s1. The first-order valence-corrected chi connectivity index (χ1v) is 8.54. The smallest absolute Gasteiger partial charge is 0.326 e. The number of aliphatic carboxylic acids is 1. The van der Waals surface area contributed by atoms with E-state index in [2.05, 4.69) is 15.0 Å². The summed E-state index contributed by atoms with van der Waals surface area (Å²) < 4.78 is 27.8. The van der Waals surface area contributed by atoms with E-state index in [1.54, 1.807) is 32.4 Å². The number of nitrogens with one attached hydrogen (secondary N) is 2. The van der Waals surface area contributed by atoms with Gasteiger partial charge in [-0.25, -0.2) is 22.9 Å². The van der Waals surface area contributed by atoms with E-state index in [1.807, 2.05) is 0 Å². The van der Waals surface area contributed by atoms with Crippen molar-refractivity contribution in [3.05, 3.63) is 12.0 Å². The van der Waals surface area contributed by atoms with Crippen LogP contribution in [0.2, 0.25) is 0 Å². The van der Waals surface area contributed by atoms with Crippen molar-refractivity contribution in [2.45, 2.75) is 38.3 Å². The van der Waals surface area contributed by atoms with Crippen molar-refractivity contribution >= 4 is 21.9 Å². The highest BCUT2D eigenvalue weighted by Crippen LogP contribution is 2.07. The number of imidazole rings is 1. The largest absolute Gasteiger partial charge is 0.480 e. The van der Waals surface area contributed by atoms with Gasteiger partial charge in [-0.05, 0) is 12.8 Å². The number of nitrogens with zero attached hydrogens (tertiary/aromatic N) is 2. The Balaban J connectivity index is 2.56. The molecule has 0 bridgehead atoms. The van der Waals surface area contributed by atoms with Crippen LogP contribution in [0.15, 0.2) is 11.2 Å². The molecule has 0 saturated carbocycles. The Kier molecular flexibility index (Phi) is 6.28. The number of carboxylic acid groups (broad SMARTS) is 1. The van der Waals surface area contributed by atoms with Crippen molar-refractivity contribution in [2.24, 2.45) is 13.0 Å². The van der Waals surface area contributed by atoms with Gasteiger partial charge in [-0.2, -0.15) is 0 Å². The molecular weight excluding hydrogens is 324 g/mol. The van der Waals surface area contributed by atoms with Gasteiger partial charge in [0.2, 0.25) is 5.91 Å². The van der Waals surface area contributed by atoms with E-state index in [0.29, 0.717) is 5.82 Å². The fourth-order valence-corrected chi connectivity index (χ4v) is 2.86. The molecule has 9 nitrogen and oxygen atoms in total. The third kappa shape index (κ3) is 5.32. The van der Waals surface area contributed by atoms with Gasteiger partial charge in [-0.3, -0.25) is 4.79 Å². The number of carbonyl (C=O) groups excluding carboxylic acids is 1. The van der Waals surface area contributed by atoms with Gasteiger partial charge < -0.3 is 15.0 Å². The molecule has 10 heteroatoms. The molecule has 0 radical (unpaired) electrons. The highest BCUT2D eigenvalue weighted by atomic mass is 32.2. The molecule has 0 aromatic carbocycles. The predicted octanol–water partition coefficient (Wildman–Crippen LogP) is -0.378. The highest BCUT2D eigenvalue weighted by molar-refractivity contribution is 7.89. The SMILES string of the molecule is Cc1nc(S(=O)(=O)NCCC(=O)N[C@H](C(=O)O)C(C)C)cn1C. The molecule has 0 aliphatic heterocycles. The summed E-state index contributed by atoms with van der Waals surface area (Å²) in [7, 11) is -2.12. The fraction of sp³-hybridized carbons (Fsp3) is 0.615. The number of aryl methyl sites for hydroxylation is 2. The van der Waals surface area contributed by atoms with E-state index in [0.717, 1.165) is 0 Å². The number of hydrogen-bond acceptors (Lipinski definition) is 5. The monoisotopic (exact) mass is 346 g/mol. The Morgan fingerprint density at radius 3 is 2.43 bits per heavy atom. The number of amides is 1. The molecule has 1 aromatic heterocycles. The quantitative estimate of drug-likeness (QED) is 0.588. The first-order chi connectivity index (χ1) is 10.5. The van der Waals surface area contributed by atoms with E-state index < -0.39 is 27.9 Å². The average molecular weight is 346 g/mol. The maximum absolute atomic E-state index is 12.0. The molecule has 0 fully saturated rings. The molecule has 1 rings (SSSR count). The minimum Gasteiger partial charge on any atom is -0.480 e. The van der Waals surface area contributed by atoms with Crippen LogP contribution in [0.25, 0.3) is 0 Å². The third-order valence-corrected chi connectivity index (χ3v) is 4.59. The van der Waals surface area contributed by atoms with Gasteiger partial charge in [0.1, 0.15) is 11.9 Å². The molecule has 0 aliphatic rings. The van der Waals surface area contributed by atoms with Gasteiger partial charge in [0, 0.05) is 26.2 Å². The van der Waals surface area contributed by atoms with Gasteiger partial charge in [-0.15, -0.1) is 0 Å². The maximum atomic E-state index is 12.0.